The Morgan fingerprint density at radius 2 is 1.08 bits per heavy atom. The summed E-state index contributed by atoms with van der Waals surface area (Å²) in [4.78, 5) is 17.2. The van der Waals surface area contributed by atoms with E-state index in [1.54, 1.807) is 6.08 Å². The van der Waals surface area contributed by atoms with Crippen LogP contribution in [0.3, 0.4) is 0 Å². The highest BCUT2D eigenvalue weighted by Gasteiger charge is 1.99. The minimum atomic E-state index is 0.0319. The van der Waals surface area contributed by atoms with Gasteiger partial charge in [-0.15, -0.1) is 0 Å². The molecule has 0 aromatic heterocycles. The molecule has 3 rings (SSSR count). The summed E-state index contributed by atoms with van der Waals surface area (Å²) in [5, 5.41) is 8.70. The van der Waals surface area contributed by atoms with E-state index >= 15 is 0 Å². The zero-order valence-electron chi connectivity index (χ0n) is 23.5. The lowest BCUT2D eigenvalue weighted by molar-refractivity contribution is 0.104. The maximum absolute atomic E-state index is 11.7. The lowest BCUT2D eigenvalue weighted by Crippen LogP contribution is -2.02. The Balaban J connectivity index is 0.000000290. The molecule has 0 saturated heterocycles. The Hall–Kier alpha value is -3.21. The van der Waals surface area contributed by atoms with E-state index in [0.717, 1.165) is 36.3 Å². The number of unbranched alkanes of at least 4 members (excludes halogenated alkanes) is 11. The van der Waals surface area contributed by atoms with Gasteiger partial charge in [0.1, 0.15) is 0 Å². The third-order valence-electron chi connectivity index (χ3n) is 6.40. The zero-order valence-corrected chi connectivity index (χ0v) is 23.5. The second-order valence-corrected chi connectivity index (χ2v) is 9.76. The van der Waals surface area contributed by atoms with E-state index in [-0.39, 0.29) is 5.78 Å². The molecule has 3 aromatic carbocycles. The molecule has 0 aliphatic rings. The number of ketones is 1. The molecule has 0 bridgehead atoms. The molecule has 2 N–H and O–H groups in total. The van der Waals surface area contributed by atoms with Gasteiger partial charge in [-0.25, -0.2) is 0 Å². The number of benzene rings is 3. The second-order valence-electron chi connectivity index (χ2n) is 9.76. The molecule has 0 radical (unpaired) electrons. The van der Waals surface area contributed by atoms with Gasteiger partial charge in [0.15, 0.2) is 5.78 Å². The van der Waals surface area contributed by atoms with Gasteiger partial charge in [-0.3, -0.25) is 15.1 Å². The molecule has 0 atom stereocenters. The van der Waals surface area contributed by atoms with Crippen molar-refractivity contribution in [1.82, 2.24) is 0 Å². The number of carbonyl (C=O) groups excluding carboxylic acids is 1. The monoisotopic (exact) mass is 529 g/mol. The summed E-state index contributed by atoms with van der Waals surface area (Å²) >= 11 is 0. The molecule has 0 fully saturated rings. The smallest absolute Gasteiger partial charge is 0.185 e. The summed E-state index contributed by atoms with van der Waals surface area (Å²) in [5.74, 6) is 0.0319. The summed E-state index contributed by atoms with van der Waals surface area (Å²) < 4.78 is 0. The van der Waals surface area contributed by atoms with Gasteiger partial charge in [-0.1, -0.05) is 149 Å². The molecule has 4 nitrogen and oxygen atoms in total. The van der Waals surface area contributed by atoms with Gasteiger partial charge < -0.3 is 5.11 Å². The summed E-state index contributed by atoms with van der Waals surface area (Å²) in [6.07, 6.45) is 18.8. The predicted octanol–water partition coefficient (Wildman–Crippen LogP) is 9.29. The number of rotatable bonds is 19. The molecule has 0 saturated carbocycles. The molecule has 0 unspecified atom stereocenters. The molecule has 0 aliphatic carbocycles. The Bertz CT molecular complexity index is 990. The molecule has 0 heterocycles. The Morgan fingerprint density at radius 3 is 1.62 bits per heavy atom. The van der Waals surface area contributed by atoms with E-state index in [1.165, 1.54) is 64.2 Å². The summed E-state index contributed by atoms with van der Waals surface area (Å²) in [6.45, 7) is 1.14. The predicted molar refractivity (Wildman–Crippen MR) is 165 cm³/mol. The quantitative estimate of drug-likeness (QED) is 0.0703. The molecule has 39 heavy (non-hydrogen) atoms. The number of para-hydroxylation sites is 1. The Morgan fingerprint density at radius 1 is 0.615 bits per heavy atom. The van der Waals surface area contributed by atoms with E-state index in [1.807, 2.05) is 97.1 Å². The van der Waals surface area contributed by atoms with Crippen molar-refractivity contribution in [1.29, 1.82) is 0 Å². The Labute approximate surface area is 236 Å². The van der Waals surface area contributed by atoms with E-state index in [0.29, 0.717) is 6.61 Å². The lowest BCUT2D eigenvalue weighted by atomic mass is 10.1. The highest BCUT2D eigenvalue weighted by atomic mass is 16.6. The fraction of sp³-hybridized carbons (Fsp3) is 0.400. The van der Waals surface area contributed by atoms with Gasteiger partial charge in [0.2, 0.25) is 0 Å². The van der Waals surface area contributed by atoms with Crippen LogP contribution in [0.2, 0.25) is 0 Å². The molecule has 0 spiro atoms. The van der Waals surface area contributed by atoms with Crippen LogP contribution < -0.4 is 5.48 Å². The van der Waals surface area contributed by atoms with Crippen molar-refractivity contribution in [2.45, 2.75) is 77.0 Å². The first-order valence-corrected chi connectivity index (χ1v) is 14.7. The van der Waals surface area contributed by atoms with E-state index in [9.17, 15) is 4.79 Å². The van der Waals surface area contributed by atoms with Crippen molar-refractivity contribution < 1.29 is 14.7 Å². The third kappa shape index (κ3) is 17.1. The van der Waals surface area contributed by atoms with Crippen molar-refractivity contribution in [2.75, 3.05) is 18.7 Å². The summed E-state index contributed by atoms with van der Waals surface area (Å²) in [5.41, 5.74) is 5.74. The molecule has 4 heteroatoms. The first-order chi connectivity index (χ1) is 19.3. The minimum Gasteiger partial charge on any atom is -0.396 e. The normalized spacial score (nSPS) is 10.7. The topological polar surface area (TPSA) is 58.6 Å². The Kier molecular flexibility index (Phi) is 18.7. The molecular weight excluding hydrogens is 482 g/mol. The van der Waals surface area contributed by atoms with Crippen molar-refractivity contribution in [3.8, 4) is 0 Å². The van der Waals surface area contributed by atoms with E-state index in [4.69, 9.17) is 9.94 Å². The maximum atomic E-state index is 11.7. The number of hydrogen-bond acceptors (Lipinski definition) is 4. The molecule has 0 aliphatic heterocycles. The van der Waals surface area contributed by atoms with Crippen LogP contribution in [0.25, 0.3) is 6.08 Å². The largest absolute Gasteiger partial charge is 0.396 e. The lowest BCUT2D eigenvalue weighted by Gasteiger charge is -2.06. The summed E-state index contributed by atoms with van der Waals surface area (Å²) in [7, 11) is 0. The van der Waals surface area contributed by atoms with Crippen molar-refractivity contribution >= 4 is 17.5 Å². The minimum absolute atomic E-state index is 0.0319. The fourth-order valence-corrected chi connectivity index (χ4v) is 4.13. The number of hydrogen-bond donors (Lipinski definition) is 2. The zero-order chi connectivity index (χ0) is 27.6. The average Bonchev–Trinajstić information content (AvgIpc) is 3.00. The van der Waals surface area contributed by atoms with Gasteiger partial charge in [-0.05, 0) is 36.6 Å². The van der Waals surface area contributed by atoms with Gasteiger partial charge in [0.05, 0.1) is 12.3 Å². The molecule has 210 valence electrons. The maximum Gasteiger partial charge on any atom is 0.185 e. The standard InChI is InChI=1S/C20H35NO2.C15H12O/c22-18-14-9-7-5-3-1-2-4-6-8-10-15-19-23-21-20-16-12-11-13-17-20;16-15(14-9-5-2-6-10-14)12-11-13-7-3-1-4-8-13/h11-13,16-17,21-22H,1-10,14-15,18-19H2;1-12H. The number of carbonyl (C=O) groups is 1. The van der Waals surface area contributed by atoms with Crippen LogP contribution in [-0.2, 0) is 4.84 Å². The molecule has 0 amide bonds. The van der Waals surface area contributed by atoms with Crippen LogP contribution in [0.4, 0.5) is 5.69 Å². The van der Waals surface area contributed by atoms with Crippen LogP contribution in [0.1, 0.15) is 93.0 Å². The van der Waals surface area contributed by atoms with Gasteiger partial charge in [0, 0.05) is 12.2 Å². The van der Waals surface area contributed by atoms with Crippen LogP contribution in [0, 0.1) is 0 Å². The van der Waals surface area contributed by atoms with Gasteiger partial charge >= 0.3 is 0 Å². The van der Waals surface area contributed by atoms with Crippen molar-refractivity contribution in [2.24, 2.45) is 0 Å². The van der Waals surface area contributed by atoms with Gasteiger partial charge in [0.25, 0.3) is 0 Å². The number of anilines is 1. The number of nitrogens with one attached hydrogen (secondary N) is 1. The van der Waals surface area contributed by atoms with Crippen LogP contribution in [0.5, 0.6) is 0 Å². The van der Waals surface area contributed by atoms with E-state index < -0.39 is 0 Å². The first-order valence-electron chi connectivity index (χ1n) is 14.7. The number of aliphatic hydroxyl groups is 1. The number of aliphatic hydroxyl groups excluding tert-OH is 1. The second kappa shape index (κ2) is 22.7. The third-order valence-corrected chi connectivity index (χ3v) is 6.40. The highest BCUT2D eigenvalue weighted by molar-refractivity contribution is 6.06. The molecule has 3 aromatic rings. The van der Waals surface area contributed by atoms with Crippen molar-refractivity contribution in [3.05, 3.63) is 108 Å². The molecular formula is C35H47NO3. The summed E-state index contributed by atoms with van der Waals surface area (Å²) in [6, 6.07) is 29.1. The van der Waals surface area contributed by atoms with Crippen LogP contribution in [0.15, 0.2) is 97.1 Å². The van der Waals surface area contributed by atoms with Crippen LogP contribution in [-0.4, -0.2) is 24.1 Å². The van der Waals surface area contributed by atoms with Crippen LogP contribution >= 0.6 is 0 Å². The average molecular weight is 530 g/mol. The number of allylic oxidation sites excluding steroid dienone is 1. The first kappa shape index (κ1) is 32.0. The SMILES string of the molecule is O=C(C=Cc1ccccc1)c1ccccc1.OCCCCCCCCCCCCCCONc1ccccc1. The fourth-order valence-electron chi connectivity index (χ4n) is 4.13. The highest BCUT2D eigenvalue weighted by Crippen LogP contribution is 2.12. The van der Waals surface area contributed by atoms with Crippen molar-refractivity contribution in [3.63, 3.8) is 0 Å². The van der Waals surface area contributed by atoms with E-state index in [2.05, 4.69) is 5.48 Å². The van der Waals surface area contributed by atoms with Gasteiger partial charge in [-0.2, -0.15) is 0 Å².